The van der Waals surface area contributed by atoms with Crippen LogP contribution in [-0.2, 0) is 0 Å². The Morgan fingerprint density at radius 2 is 1.62 bits per heavy atom. The Hall–Kier alpha value is -1.18. The highest BCUT2D eigenvalue weighted by Crippen LogP contribution is 2.31. The predicted molar refractivity (Wildman–Crippen MR) is 93.2 cm³/mol. The fourth-order valence-corrected chi connectivity index (χ4v) is 2.53. The number of benzene rings is 1. The molecule has 0 aliphatic rings. The van der Waals surface area contributed by atoms with Crippen LogP contribution < -0.4 is 10.5 Å². The van der Waals surface area contributed by atoms with E-state index in [0.717, 1.165) is 30.0 Å². The predicted octanol–water partition coefficient (Wildman–Crippen LogP) is 5.83. The maximum Gasteiger partial charge on any atom is 0.123 e. The second-order valence-electron chi connectivity index (χ2n) is 6.37. The average Bonchev–Trinajstić information content (AvgIpc) is 2.44. The largest absolute Gasteiger partial charge is 0.493 e. The molecule has 0 saturated heterocycles. The highest BCUT2D eigenvalue weighted by Gasteiger charge is 2.10. The Kier molecular flexibility index (Phi) is 8.26. The summed E-state index contributed by atoms with van der Waals surface area (Å²) in [5.41, 5.74) is 9.20. The highest BCUT2D eigenvalue weighted by molar-refractivity contribution is 5.55. The summed E-state index contributed by atoms with van der Waals surface area (Å²) in [6.45, 7) is 9.49. The zero-order valence-corrected chi connectivity index (χ0v) is 14.4. The van der Waals surface area contributed by atoms with Gasteiger partial charge in [-0.15, -0.1) is 0 Å². The van der Waals surface area contributed by atoms with Gasteiger partial charge in [0.05, 0.1) is 6.61 Å². The maximum absolute atomic E-state index is 6.01. The van der Waals surface area contributed by atoms with Gasteiger partial charge in [0, 0.05) is 5.69 Å². The van der Waals surface area contributed by atoms with Crippen molar-refractivity contribution in [2.24, 2.45) is 0 Å². The average molecular weight is 291 g/mol. The molecule has 0 aliphatic carbocycles. The summed E-state index contributed by atoms with van der Waals surface area (Å²) >= 11 is 0. The molecule has 0 radical (unpaired) electrons. The Morgan fingerprint density at radius 3 is 2.24 bits per heavy atom. The molecule has 0 aromatic heterocycles. The van der Waals surface area contributed by atoms with E-state index in [-0.39, 0.29) is 0 Å². The van der Waals surface area contributed by atoms with Gasteiger partial charge in [-0.25, -0.2) is 0 Å². The molecular weight excluding hydrogens is 258 g/mol. The Labute approximate surface area is 131 Å². The number of rotatable bonds is 10. The minimum absolute atomic E-state index is 0.442. The highest BCUT2D eigenvalue weighted by atomic mass is 16.5. The SMILES string of the molecule is CCCCCCCCCOc1cc(C)c(N)cc1C(C)C. The van der Waals surface area contributed by atoms with Crippen molar-refractivity contribution in [2.45, 2.75) is 78.6 Å². The first kappa shape index (κ1) is 17.9. The number of ether oxygens (including phenoxy) is 1. The summed E-state index contributed by atoms with van der Waals surface area (Å²) in [4.78, 5) is 0. The Balaban J connectivity index is 2.36. The third-order valence-corrected chi connectivity index (χ3v) is 4.03. The van der Waals surface area contributed by atoms with Gasteiger partial charge >= 0.3 is 0 Å². The van der Waals surface area contributed by atoms with Crippen LogP contribution in [0.4, 0.5) is 5.69 Å². The summed E-state index contributed by atoms with van der Waals surface area (Å²) in [6, 6.07) is 4.16. The maximum atomic E-state index is 6.01. The third-order valence-electron chi connectivity index (χ3n) is 4.03. The second kappa shape index (κ2) is 9.70. The fraction of sp³-hybridized carbons (Fsp3) is 0.684. The lowest BCUT2D eigenvalue weighted by molar-refractivity contribution is 0.300. The van der Waals surface area contributed by atoms with E-state index < -0.39 is 0 Å². The normalized spacial score (nSPS) is 11.1. The van der Waals surface area contributed by atoms with Crippen molar-refractivity contribution < 1.29 is 4.74 Å². The molecule has 2 N–H and O–H groups in total. The molecule has 0 aliphatic heterocycles. The van der Waals surface area contributed by atoms with E-state index >= 15 is 0 Å². The van der Waals surface area contributed by atoms with Gasteiger partial charge in [-0.2, -0.15) is 0 Å². The lowest BCUT2D eigenvalue weighted by Crippen LogP contribution is -2.03. The standard InChI is InChI=1S/C19H33NO/c1-5-6-7-8-9-10-11-12-21-19-13-16(4)18(20)14-17(19)15(2)3/h13-15H,5-12,20H2,1-4H3. The van der Waals surface area contributed by atoms with Gasteiger partial charge in [0.2, 0.25) is 0 Å². The van der Waals surface area contributed by atoms with Gasteiger partial charge in [0.1, 0.15) is 5.75 Å². The number of nitrogen functional groups attached to an aromatic ring is 1. The van der Waals surface area contributed by atoms with Crippen molar-refractivity contribution in [3.8, 4) is 5.75 Å². The van der Waals surface area contributed by atoms with Crippen molar-refractivity contribution >= 4 is 5.69 Å². The second-order valence-corrected chi connectivity index (χ2v) is 6.37. The monoisotopic (exact) mass is 291 g/mol. The Morgan fingerprint density at radius 1 is 1.00 bits per heavy atom. The molecule has 0 unspecified atom stereocenters. The first-order valence-electron chi connectivity index (χ1n) is 8.59. The smallest absolute Gasteiger partial charge is 0.123 e. The molecular formula is C19H33NO. The summed E-state index contributed by atoms with van der Waals surface area (Å²) in [7, 11) is 0. The molecule has 2 nitrogen and oxygen atoms in total. The van der Waals surface area contributed by atoms with Crippen molar-refractivity contribution in [2.75, 3.05) is 12.3 Å². The third kappa shape index (κ3) is 6.41. The summed E-state index contributed by atoms with van der Waals surface area (Å²) in [6.07, 6.45) is 9.19. The van der Waals surface area contributed by atoms with E-state index in [1.807, 2.05) is 6.92 Å². The van der Waals surface area contributed by atoms with Crippen LogP contribution in [0.2, 0.25) is 0 Å². The van der Waals surface area contributed by atoms with Gasteiger partial charge in [0.15, 0.2) is 0 Å². The molecule has 0 amide bonds. The quantitative estimate of drug-likeness (QED) is 0.435. The van der Waals surface area contributed by atoms with E-state index in [4.69, 9.17) is 10.5 Å². The molecule has 21 heavy (non-hydrogen) atoms. The molecule has 1 aromatic carbocycles. The lowest BCUT2D eigenvalue weighted by atomic mass is 9.99. The van der Waals surface area contributed by atoms with Crippen molar-refractivity contribution in [1.82, 2.24) is 0 Å². The van der Waals surface area contributed by atoms with Crippen LogP contribution in [-0.4, -0.2) is 6.61 Å². The van der Waals surface area contributed by atoms with Crippen molar-refractivity contribution in [3.63, 3.8) is 0 Å². The molecule has 0 saturated carbocycles. The van der Waals surface area contributed by atoms with E-state index in [9.17, 15) is 0 Å². The van der Waals surface area contributed by atoms with E-state index in [1.54, 1.807) is 0 Å². The van der Waals surface area contributed by atoms with Crippen molar-refractivity contribution in [3.05, 3.63) is 23.3 Å². The van der Waals surface area contributed by atoms with Gasteiger partial charge in [0.25, 0.3) is 0 Å². The first-order valence-corrected chi connectivity index (χ1v) is 8.59. The number of anilines is 1. The molecule has 0 bridgehead atoms. The zero-order chi connectivity index (χ0) is 15.7. The molecule has 0 fully saturated rings. The van der Waals surface area contributed by atoms with E-state index in [2.05, 4.69) is 32.9 Å². The minimum atomic E-state index is 0.442. The molecule has 2 heteroatoms. The van der Waals surface area contributed by atoms with Gasteiger partial charge < -0.3 is 10.5 Å². The number of hydrogen-bond acceptors (Lipinski definition) is 2. The molecule has 1 aromatic rings. The van der Waals surface area contributed by atoms with Crippen LogP contribution in [0.3, 0.4) is 0 Å². The van der Waals surface area contributed by atoms with Crippen LogP contribution in [0.1, 0.15) is 82.8 Å². The number of aryl methyl sites for hydroxylation is 1. The minimum Gasteiger partial charge on any atom is -0.493 e. The molecule has 0 heterocycles. The Bertz CT molecular complexity index is 412. The number of unbranched alkanes of at least 4 members (excludes halogenated alkanes) is 6. The van der Waals surface area contributed by atoms with E-state index in [0.29, 0.717) is 5.92 Å². The van der Waals surface area contributed by atoms with Crippen LogP contribution in [0.25, 0.3) is 0 Å². The lowest BCUT2D eigenvalue weighted by Gasteiger charge is -2.16. The van der Waals surface area contributed by atoms with Crippen LogP contribution in [0, 0.1) is 6.92 Å². The van der Waals surface area contributed by atoms with Crippen LogP contribution >= 0.6 is 0 Å². The summed E-state index contributed by atoms with van der Waals surface area (Å²) < 4.78 is 6.01. The molecule has 0 spiro atoms. The molecule has 0 atom stereocenters. The number of nitrogens with two attached hydrogens (primary N) is 1. The van der Waals surface area contributed by atoms with Crippen LogP contribution in [0.15, 0.2) is 12.1 Å². The zero-order valence-electron chi connectivity index (χ0n) is 14.4. The molecule has 1 rings (SSSR count). The fourth-order valence-electron chi connectivity index (χ4n) is 2.53. The first-order chi connectivity index (χ1) is 10.1. The molecule has 120 valence electrons. The summed E-state index contributed by atoms with van der Waals surface area (Å²) in [5, 5.41) is 0. The topological polar surface area (TPSA) is 35.2 Å². The van der Waals surface area contributed by atoms with Crippen molar-refractivity contribution in [1.29, 1.82) is 0 Å². The van der Waals surface area contributed by atoms with Gasteiger partial charge in [-0.05, 0) is 42.5 Å². The van der Waals surface area contributed by atoms with Crippen LogP contribution in [0.5, 0.6) is 5.75 Å². The van der Waals surface area contributed by atoms with Gasteiger partial charge in [-0.3, -0.25) is 0 Å². The van der Waals surface area contributed by atoms with Gasteiger partial charge in [-0.1, -0.05) is 59.3 Å². The number of hydrogen-bond donors (Lipinski definition) is 1. The summed E-state index contributed by atoms with van der Waals surface area (Å²) in [5.74, 6) is 1.46. The van der Waals surface area contributed by atoms with E-state index in [1.165, 1.54) is 44.1 Å².